The van der Waals surface area contributed by atoms with Gasteiger partial charge in [-0.3, -0.25) is 9.78 Å². The summed E-state index contributed by atoms with van der Waals surface area (Å²) in [6.45, 7) is -1.04. The maximum absolute atomic E-state index is 14.6. The molecule has 41 heavy (non-hydrogen) atoms. The number of carbonyl (C=O) groups excluding carboxylic acids is 1. The largest absolute Gasteiger partial charge is 0.496 e. The van der Waals surface area contributed by atoms with Gasteiger partial charge in [0, 0.05) is 26.2 Å². The second-order valence-electron chi connectivity index (χ2n) is 8.51. The number of benzene rings is 2. The molecule has 0 unspecified atom stereocenters. The van der Waals surface area contributed by atoms with Crippen LogP contribution in [0.3, 0.4) is 0 Å². The Labute approximate surface area is 234 Å². The van der Waals surface area contributed by atoms with E-state index in [1.807, 2.05) is 0 Å². The van der Waals surface area contributed by atoms with Crippen molar-refractivity contribution in [3.05, 3.63) is 62.8 Å². The highest BCUT2D eigenvalue weighted by Crippen LogP contribution is 2.38. The number of H-pyrrole nitrogens is 1. The molecule has 0 bridgehead atoms. The van der Waals surface area contributed by atoms with Crippen LogP contribution in [0.4, 0.5) is 17.6 Å². The van der Waals surface area contributed by atoms with E-state index in [4.69, 9.17) is 30.5 Å². The van der Waals surface area contributed by atoms with E-state index in [2.05, 4.69) is 15.0 Å². The number of fused-ring (bicyclic) bond motifs is 1. The maximum Gasteiger partial charge on any atom is 0.332 e. The lowest BCUT2D eigenvalue weighted by Crippen LogP contribution is -2.27. The molecule has 2 aromatic carbocycles. The number of likely N-dealkylation sites (N-methyl/N-ethyl adjacent to an activating group) is 1. The molecule has 0 saturated heterocycles. The first-order valence-corrected chi connectivity index (χ1v) is 12.0. The zero-order valence-corrected chi connectivity index (χ0v) is 22.7. The van der Waals surface area contributed by atoms with Crippen molar-refractivity contribution >= 4 is 28.7 Å². The predicted octanol–water partition coefficient (Wildman–Crippen LogP) is 4.04. The minimum absolute atomic E-state index is 0.0143. The number of halogens is 5. The van der Waals surface area contributed by atoms with E-state index in [1.54, 1.807) is 0 Å². The van der Waals surface area contributed by atoms with Crippen molar-refractivity contribution in [2.75, 3.05) is 34.9 Å². The number of methoxy groups -OCH3 is 2. The fraction of sp³-hybridized carbons (Fsp3) is 0.280. The number of aromatic nitrogens is 4. The van der Waals surface area contributed by atoms with Gasteiger partial charge in [0.1, 0.15) is 17.9 Å². The zero-order valence-electron chi connectivity index (χ0n) is 21.9. The second-order valence-corrected chi connectivity index (χ2v) is 8.92. The van der Waals surface area contributed by atoms with E-state index >= 15 is 0 Å². The third kappa shape index (κ3) is 5.84. The summed E-state index contributed by atoms with van der Waals surface area (Å²) >= 11 is 6.47. The first-order chi connectivity index (χ1) is 19.5. The molecule has 0 saturated carbocycles. The van der Waals surface area contributed by atoms with Crippen LogP contribution in [0, 0.1) is 11.6 Å². The summed E-state index contributed by atoms with van der Waals surface area (Å²) in [6.07, 6.45) is -3.10. The Bertz CT molecular complexity index is 1680. The molecule has 0 spiro atoms. The Hall–Kier alpha value is -4.53. The number of hydrogen-bond acceptors (Lipinski definition) is 8. The molecular weight excluding hydrogens is 578 g/mol. The fourth-order valence-electron chi connectivity index (χ4n) is 3.68. The first kappa shape index (κ1) is 29.5. The topological polar surface area (TPSA) is 121 Å². The molecule has 0 radical (unpaired) electrons. The van der Waals surface area contributed by atoms with Gasteiger partial charge >= 0.3 is 5.69 Å². The summed E-state index contributed by atoms with van der Waals surface area (Å²) in [7, 11) is 5.44. The Morgan fingerprint density at radius 2 is 1.78 bits per heavy atom. The lowest BCUT2D eigenvalue weighted by atomic mass is 10.2. The zero-order chi connectivity index (χ0) is 30.0. The predicted molar refractivity (Wildman–Crippen MR) is 137 cm³/mol. The van der Waals surface area contributed by atoms with Crippen LogP contribution in [0.15, 0.2) is 29.1 Å². The third-order valence-electron chi connectivity index (χ3n) is 5.76. The van der Waals surface area contributed by atoms with Gasteiger partial charge in [-0.15, -0.1) is 0 Å². The van der Waals surface area contributed by atoms with Crippen LogP contribution in [-0.4, -0.2) is 65.2 Å². The molecule has 4 rings (SSSR count). The van der Waals surface area contributed by atoms with Gasteiger partial charge in [0.2, 0.25) is 11.7 Å². The molecule has 2 heterocycles. The van der Waals surface area contributed by atoms with Gasteiger partial charge in [0.25, 0.3) is 12.3 Å². The van der Waals surface area contributed by atoms with Crippen LogP contribution in [0.2, 0.25) is 5.02 Å². The van der Waals surface area contributed by atoms with Crippen LogP contribution < -0.4 is 24.6 Å². The van der Waals surface area contributed by atoms with Crippen LogP contribution in [0.25, 0.3) is 16.9 Å². The van der Waals surface area contributed by atoms with Crippen molar-refractivity contribution in [2.24, 2.45) is 0 Å². The highest BCUT2D eigenvalue weighted by atomic mass is 35.5. The van der Waals surface area contributed by atoms with Crippen molar-refractivity contribution in [1.29, 1.82) is 0 Å². The van der Waals surface area contributed by atoms with Crippen LogP contribution in [0.1, 0.15) is 17.8 Å². The summed E-state index contributed by atoms with van der Waals surface area (Å²) in [6, 6.07) is 4.47. The SMILES string of the molecule is COc1ccc(F)c(F)c1COc1cc(-n2c(=O)[nH]c3c(OC)nc(C(F)F)nc32)c(Cl)cc1OCC(=O)N(C)C. The molecule has 0 fully saturated rings. The number of imidazole rings is 1. The summed E-state index contributed by atoms with van der Waals surface area (Å²) < 4.78 is 77.9. The number of alkyl halides is 2. The van der Waals surface area contributed by atoms with Gasteiger partial charge in [-0.25, -0.2) is 31.9 Å². The van der Waals surface area contributed by atoms with E-state index in [0.717, 1.165) is 10.6 Å². The van der Waals surface area contributed by atoms with Gasteiger partial charge in [-0.1, -0.05) is 11.6 Å². The minimum atomic E-state index is -3.10. The summed E-state index contributed by atoms with van der Waals surface area (Å²) in [5.41, 5.74) is -1.62. The Balaban J connectivity index is 1.87. The minimum Gasteiger partial charge on any atom is -0.496 e. The van der Waals surface area contributed by atoms with E-state index in [9.17, 15) is 27.2 Å². The lowest BCUT2D eigenvalue weighted by Gasteiger charge is -2.18. The van der Waals surface area contributed by atoms with Crippen LogP contribution in [0.5, 0.6) is 23.1 Å². The fourth-order valence-corrected chi connectivity index (χ4v) is 3.92. The second kappa shape index (κ2) is 11.9. The number of ether oxygens (including phenoxy) is 4. The normalized spacial score (nSPS) is 11.2. The molecular formula is C25H22ClF4N5O6. The molecule has 0 aliphatic carbocycles. The van der Waals surface area contributed by atoms with Gasteiger partial charge in [-0.05, 0) is 12.1 Å². The lowest BCUT2D eigenvalue weighted by molar-refractivity contribution is -0.130. The van der Waals surface area contributed by atoms with Crippen molar-refractivity contribution in [1.82, 2.24) is 24.4 Å². The Morgan fingerprint density at radius 1 is 1.07 bits per heavy atom. The number of amides is 1. The third-order valence-corrected chi connectivity index (χ3v) is 6.06. The highest BCUT2D eigenvalue weighted by Gasteiger charge is 2.24. The molecule has 1 N–H and O–H groups in total. The highest BCUT2D eigenvalue weighted by molar-refractivity contribution is 6.32. The standard InChI is InChI=1S/C25H22ClF4N5O6/c1-34(2)18(36)10-41-16-7-12(26)14(8-17(16)40-9-11-15(38-3)6-5-13(27)19(11)28)35-23-20(31-25(35)37)24(39-4)33-22(32-23)21(29)30/h5-8,21H,9-10H2,1-4H3,(H,31,37). The Morgan fingerprint density at radius 3 is 2.41 bits per heavy atom. The summed E-state index contributed by atoms with van der Waals surface area (Å²) in [5.74, 6) is -4.31. The summed E-state index contributed by atoms with van der Waals surface area (Å²) in [4.78, 5) is 36.2. The molecule has 0 atom stereocenters. The monoisotopic (exact) mass is 599 g/mol. The van der Waals surface area contributed by atoms with Gasteiger partial charge < -0.3 is 23.8 Å². The number of hydrogen-bond donors (Lipinski definition) is 1. The quantitative estimate of drug-likeness (QED) is 0.271. The number of nitrogens with zero attached hydrogens (tertiary/aromatic N) is 4. The van der Waals surface area contributed by atoms with Crippen LogP contribution in [-0.2, 0) is 11.4 Å². The van der Waals surface area contributed by atoms with E-state index in [-0.39, 0.29) is 50.6 Å². The molecule has 16 heteroatoms. The molecule has 4 aromatic rings. The number of aromatic amines is 1. The number of carbonyl (C=O) groups is 1. The van der Waals surface area contributed by atoms with Crippen molar-refractivity contribution in [2.45, 2.75) is 13.0 Å². The smallest absolute Gasteiger partial charge is 0.332 e. The molecule has 2 aromatic heterocycles. The van der Waals surface area contributed by atoms with E-state index < -0.39 is 48.7 Å². The molecule has 0 aliphatic heterocycles. The van der Waals surface area contributed by atoms with Crippen molar-refractivity contribution in [3.63, 3.8) is 0 Å². The summed E-state index contributed by atoms with van der Waals surface area (Å²) in [5, 5.41) is -0.140. The van der Waals surface area contributed by atoms with E-state index in [1.165, 1.54) is 51.4 Å². The van der Waals surface area contributed by atoms with Gasteiger partial charge in [0.15, 0.2) is 35.4 Å². The van der Waals surface area contributed by atoms with Gasteiger partial charge in [0.05, 0.1) is 30.5 Å². The average Bonchev–Trinajstić information content (AvgIpc) is 3.27. The molecule has 1 amide bonds. The number of rotatable bonds is 10. The number of nitrogens with one attached hydrogen (secondary N) is 1. The van der Waals surface area contributed by atoms with Crippen molar-refractivity contribution < 1.29 is 41.3 Å². The van der Waals surface area contributed by atoms with Crippen molar-refractivity contribution in [3.8, 4) is 28.8 Å². The van der Waals surface area contributed by atoms with E-state index in [0.29, 0.717) is 0 Å². The Kier molecular flexibility index (Phi) is 8.56. The van der Waals surface area contributed by atoms with Crippen LogP contribution >= 0.6 is 11.6 Å². The maximum atomic E-state index is 14.6. The first-order valence-electron chi connectivity index (χ1n) is 11.6. The molecule has 218 valence electrons. The average molecular weight is 600 g/mol. The van der Waals surface area contributed by atoms with Gasteiger partial charge in [-0.2, -0.15) is 4.98 Å². The molecule has 11 nitrogen and oxygen atoms in total. The molecule has 0 aliphatic rings.